The van der Waals surface area contributed by atoms with Crippen LogP contribution in [-0.2, 0) is 13.6 Å². The molecule has 0 bridgehead atoms. The smallest absolute Gasteiger partial charge is 0.141 e. The van der Waals surface area contributed by atoms with E-state index >= 15 is 0 Å². The quantitative estimate of drug-likeness (QED) is 0.894. The molecule has 0 aliphatic rings. The molecule has 0 radical (unpaired) electrons. The average molecular weight is 254 g/mol. The summed E-state index contributed by atoms with van der Waals surface area (Å²) in [5, 5.41) is 0.0915. The van der Waals surface area contributed by atoms with Crippen molar-refractivity contribution in [1.29, 1.82) is 0 Å². The van der Waals surface area contributed by atoms with Crippen molar-refractivity contribution < 1.29 is 4.39 Å². The van der Waals surface area contributed by atoms with Crippen molar-refractivity contribution >= 4 is 11.6 Å². The molecular formula is C12H13ClFN3. The minimum absolute atomic E-state index is 0.0915. The first kappa shape index (κ1) is 12.1. The molecule has 0 amide bonds. The van der Waals surface area contributed by atoms with E-state index in [1.165, 1.54) is 6.07 Å². The van der Waals surface area contributed by atoms with Crippen LogP contribution in [0.1, 0.15) is 11.5 Å². The number of imidazole rings is 1. The lowest BCUT2D eigenvalue weighted by molar-refractivity contribution is 0.628. The maximum atomic E-state index is 13.1. The molecule has 2 N–H and O–H groups in total. The Labute approximate surface area is 104 Å². The number of hydrogen-bond acceptors (Lipinski definition) is 2. The molecule has 5 heteroatoms. The van der Waals surface area contributed by atoms with E-state index in [0.29, 0.717) is 6.54 Å². The molecular weight excluding hydrogens is 241 g/mol. The minimum atomic E-state index is -0.433. The summed E-state index contributed by atoms with van der Waals surface area (Å²) in [7, 11) is 1.90. The van der Waals surface area contributed by atoms with E-state index in [9.17, 15) is 4.39 Å². The highest BCUT2D eigenvalue weighted by atomic mass is 35.5. The van der Waals surface area contributed by atoms with Gasteiger partial charge in [-0.2, -0.15) is 0 Å². The van der Waals surface area contributed by atoms with Crippen molar-refractivity contribution in [2.75, 3.05) is 0 Å². The van der Waals surface area contributed by atoms with Gasteiger partial charge in [-0.05, 0) is 25.1 Å². The van der Waals surface area contributed by atoms with Crippen molar-refractivity contribution in [3.63, 3.8) is 0 Å². The van der Waals surface area contributed by atoms with E-state index < -0.39 is 5.82 Å². The Morgan fingerprint density at radius 2 is 2.18 bits per heavy atom. The topological polar surface area (TPSA) is 43.8 Å². The van der Waals surface area contributed by atoms with E-state index in [2.05, 4.69) is 4.98 Å². The summed E-state index contributed by atoms with van der Waals surface area (Å²) < 4.78 is 15.0. The number of nitrogens with zero attached hydrogens (tertiary/aromatic N) is 2. The van der Waals surface area contributed by atoms with Crippen LogP contribution in [0.4, 0.5) is 4.39 Å². The van der Waals surface area contributed by atoms with Crippen molar-refractivity contribution in [1.82, 2.24) is 9.55 Å². The molecule has 0 atom stereocenters. The Morgan fingerprint density at radius 3 is 2.76 bits per heavy atom. The fourth-order valence-electron chi connectivity index (χ4n) is 1.76. The Bertz CT molecular complexity index is 563. The second-order valence-corrected chi connectivity index (χ2v) is 4.25. The van der Waals surface area contributed by atoms with Crippen LogP contribution in [-0.4, -0.2) is 9.55 Å². The second-order valence-electron chi connectivity index (χ2n) is 3.85. The van der Waals surface area contributed by atoms with Gasteiger partial charge in [0.15, 0.2) is 0 Å². The maximum absolute atomic E-state index is 13.1. The summed E-state index contributed by atoms with van der Waals surface area (Å²) in [6.45, 7) is 2.27. The summed E-state index contributed by atoms with van der Waals surface area (Å²) in [6.07, 6.45) is 0. The van der Waals surface area contributed by atoms with Gasteiger partial charge in [0.05, 0.1) is 16.4 Å². The van der Waals surface area contributed by atoms with Crippen LogP contribution >= 0.6 is 11.6 Å². The third-order valence-electron chi connectivity index (χ3n) is 2.82. The molecule has 2 rings (SSSR count). The molecule has 2 aromatic rings. The van der Waals surface area contributed by atoms with E-state index in [1.54, 1.807) is 12.1 Å². The molecule has 0 unspecified atom stereocenters. The number of hydrogen-bond donors (Lipinski definition) is 1. The summed E-state index contributed by atoms with van der Waals surface area (Å²) >= 11 is 5.77. The molecule has 1 aromatic heterocycles. The number of aromatic nitrogens is 2. The lowest BCUT2D eigenvalue weighted by Crippen LogP contribution is -2.05. The predicted octanol–water partition coefficient (Wildman–Crippen LogP) is 2.65. The number of benzene rings is 1. The number of halogens is 2. The van der Waals surface area contributed by atoms with E-state index in [-0.39, 0.29) is 5.02 Å². The van der Waals surface area contributed by atoms with Gasteiger partial charge < -0.3 is 10.3 Å². The van der Waals surface area contributed by atoms with Crippen molar-refractivity contribution in [2.45, 2.75) is 13.5 Å². The third-order valence-corrected chi connectivity index (χ3v) is 3.11. The third kappa shape index (κ3) is 2.06. The van der Waals surface area contributed by atoms with Gasteiger partial charge in [0, 0.05) is 19.2 Å². The molecule has 0 aliphatic carbocycles. The molecule has 1 heterocycles. The zero-order valence-electron chi connectivity index (χ0n) is 9.67. The molecule has 0 aliphatic heterocycles. The van der Waals surface area contributed by atoms with Crippen molar-refractivity contribution in [3.05, 3.63) is 40.6 Å². The van der Waals surface area contributed by atoms with Gasteiger partial charge in [-0.1, -0.05) is 11.6 Å². The molecule has 0 fully saturated rings. The van der Waals surface area contributed by atoms with Crippen LogP contribution < -0.4 is 5.73 Å². The second kappa shape index (κ2) is 4.47. The van der Waals surface area contributed by atoms with Gasteiger partial charge in [0.25, 0.3) is 0 Å². The molecule has 0 saturated carbocycles. The highest BCUT2D eigenvalue weighted by molar-refractivity contribution is 6.31. The maximum Gasteiger partial charge on any atom is 0.141 e. The molecule has 1 aromatic carbocycles. The van der Waals surface area contributed by atoms with Crippen LogP contribution in [0.15, 0.2) is 18.2 Å². The SMILES string of the molecule is Cc1nc(-c2ccc(F)c(Cl)c2)c(CN)n1C. The number of rotatable bonds is 2. The fourth-order valence-corrected chi connectivity index (χ4v) is 1.94. The molecule has 17 heavy (non-hydrogen) atoms. The summed E-state index contributed by atoms with van der Waals surface area (Å²) in [6, 6.07) is 4.56. The highest BCUT2D eigenvalue weighted by Gasteiger charge is 2.13. The van der Waals surface area contributed by atoms with Crippen LogP contribution in [0.5, 0.6) is 0 Å². The van der Waals surface area contributed by atoms with Crippen molar-refractivity contribution in [2.24, 2.45) is 12.8 Å². The standard InChI is InChI=1S/C12H13ClFN3/c1-7-16-12(11(6-15)17(7)2)8-3-4-10(14)9(13)5-8/h3-5H,6,15H2,1-2H3. The molecule has 0 spiro atoms. The lowest BCUT2D eigenvalue weighted by Gasteiger charge is -2.04. The number of aryl methyl sites for hydroxylation is 1. The first-order chi connectivity index (χ1) is 8.04. The van der Waals surface area contributed by atoms with E-state index in [4.69, 9.17) is 17.3 Å². The zero-order valence-corrected chi connectivity index (χ0v) is 10.4. The predicted molar refractivity (Wildman–Crippen MR) is 66.2 cm³/mol. The van der Waals surface area contributed by atoms with Crippen LogP contribution in [0.25, 0.3) is 11.3 Å². The largest absolute Gasteiger partial charge is 0.334 e. The summed E-state index contributed by atoms with van der Waals surface area (Å²) in [5.41, 5.74) is 8.15. The minimum Gasteiger partial charge on any atom is -0.334 e. The van der Waals surface area contributed by atoms with Gasteiger partial charge in [-0.15, -0.1) is 0 Å². The summed E-state index contributed by atoms with van der Waals surface area (Å²) in [4.78, 5) is 4.42. The van der Waals surface area contributed by atoms with Gasteiger partial charge >= 0.3 is 0 Å². The summed E-state index contributed by atoms with van der Waals surface area (Å²) in [5.74, 6) is 0.429. The van der Waals surface area contributed by atoms with Gasteiger partial charge in [-0.3, -0.25) is 0 Å². The van der Waals surface area contributed by atoms with Gasteiger partial charge in [0.2, 0.25) is 0 Å². The molecule has 90 valence electrons. The van der Waals surface area contributed by atoms with Crippen LogP contribution in [0.2, 0.25) is 5.02 Å². The number of nitrogens with two attached hydrogens (primary N) is 1. The Hall–Kier alpha value is -1.39. The Balaban J connectivity index is 2.60. The van der Waals surface area contributed by atoms with Gasteiger partial charge in [0.1, 0.15) is 11.6 Å². The lowest BCUT2D eigenvalue weighted by atomic mass is 10.1. The monoisotopic (exact) mass is 253 g/mol. The van der Waals surface area contributed by atoms with E-state index in [0.717, 1.165) is 22.8 Å². The highest BCUT2D eigenvalue weighted by Crippen LogP contribution is 2.27. The average Bonchev–Trinajstić information content (AvgIpc) is 2.59. The molecule has 3 nitrogen and oxygen atoms in total. The van der Waals surface area contributed by atoms with Crippen LogP contribution in [0, 0.1) is 12.7 Å². The Kier molecular flexibility index (Phi) is 3.17. The van der Waals surface area contributed by atoms with Crippen LogP contribution in [0.3, 0.4) is 0 Å². The first-order valence-electron chi connectivity index (χ1n) is 5.22. The normalized spacial score (nSPS) is 10.9. The van der Waals surface area contributed by atoms with Crippen molar-refractivity contribution in [3.8, 4) is 11.3 Å². The zero-order chi connectivity index (χ0) is 12.6. The van der Waals surface area contributed by atoms with E-state index in [1.807, 2.05) is 18.5 Å². The fraction of sp³-hybridized carbons (Fsp3) is 0.250. The van der Waals surface area contributed by atoms with Gasteiger partial charge in [-0.25, -0.2) is 9.37 Å². The Morgan fingerprint density at radius 1 is 1.47 bits per heavy atom. The first-order valence-corrected chi connectivity index (χ1v) is 5.60. The molecule has 0 saturated heterocycles.